The molecule has 5 rings (SSSR count). The number of hydrogen-bond acceptors (Lipinski definition) is 1. The summed E-state index contributed by atoms with van der Waals surface area (Å²) in [5.74, 6) is 0.909. The van der Waals surface area contributed by atoms with Gasteiger partial charge in [0.2, 0.25) is 0 Å². The van der Waals surface area contributed by atoms with E-state index in [1.807, 2.05) is 0 Å². The standard InChI is InChI=1S/C14H16N2/c1-15-13-5-3-2-4-11(13)12-6-10-7-16(8-10)9-14(12)15/h2-5,10H,6-9H2,1H3. The summed E-state index contributed by atoms with van der Waals surface area (Å²) in [6, 6.07) is 8.83. The highest BCUT2D eigenvalue weighted by molar-refractivity contribution is 5.85. The first kappa shape index (κ1) is 8.82. The van der Waals surface area contributed by atoms with E-state index < -0.39 is 0 Å². The van der Waals surface area contributed by atoms with Crippen molar-refractivity contribution in [3.05, 3.63) is 35.5 Å². The van der Waals surface area contributed by atoms with Gasteiger partial charge in [-0.05, 0) is 24.0 Å². The van der Waals surface area contributed by atoms with E-state index in [0.29, 0.717) is 0 Å². The molecule has 0 amide bonds. The van der Waals surface area contributed by atoms with E-state index in [9.17, 15) is 0 Å². The van der Waals surface area contributed by atoms with Gasteiger partial charge in [-0.3, -0.25) is 4.90 Å². The van der Waals surface area contributed by atoms with E-state index in [-0.39, 0.29) is 0 Å². The van der Waals surface area contributed by atoms with Crippen molar-refractivity contribution in [2.24, 2.45) is 13.0 Å². The molecule has 1 saturated heterocycles. The quantitative estimate of drug-likeness (QED) is 0.649. The van der Waals surface area contributed by atoms with Crippen molar-refractivity contribution in [1.82, 2.24) is 9.47 Å². The number of hydrogen-bond donors (Lipinski definition) is 0. The number of benzene rings is 1. The fraction of sp³-hybridized carbons (Fsp3) is 0.429. The van der Waals surface area contributed by atoms with Crippen LogP contribution < -0.4 is 0 Å². The average molecular weight is 212 g/mol. The lowest BCUT2D eigenvalue weighted by molar-refractivity contribution is 0.101. The monoisotopic (exact) mass is 212 g/mol. The van der Waals surface area contributed by atoms with Crippen molar-refractivity contribution in [2.75, 3.05) is 13.1 Å². The Hall–Kier alpha value is -1.28. The topological polar surface area (TPSA) is 8.17 Å². The Morgan fingerprint density at radius 1 is 1.19 bits per heavy atom. The van der Waals surface area contributed by atoms with E-state index >= 15 is 0 Å². The van der Waals surface area contributed by atoms with Crippen molar-refractivity contribution in [3.8, 4) is 0 Å². The van der Waals surface area contributed by atoms with Gasteiger partial charge in [0.05, 0.1) is 0 Å². The van der Waals surface area contributed by atoms with Crippen LogP contribution in [0.5, 0.6) is 0 Å². The van der Waals surface area contributed by atoms with Crippen LogP contribution in [0.2, 0.25) is 0 Å². The van der Waals surface area contributed by atoms with Crippen LogP contribution in [0, 0.1) is 5.92 Å². The first-order valence-electron chi connectivity index (χ1n) is 6.10. The Kier molecular flexibility index (Phi) is 1.59. The fourth-order valence-corrected chi connectivity index (χ4v) is 3.39. The van der Waals surface area contributed by atoms with Crippen molar-refractivity contribution >= 4 is 10.9 Å². The van der Waals surface area contributed by atoms with E-state index in [2.05, 4.69) is 40.8 Å². The van der Waals surface area contributed by atoms with Crippen molar-refractivity contribution in [3.63, 3.8) is 0 Å². The Morgan fingerprint density at radius 2 is 2.00 bits per heavy atom. The Labute approximate surface area is 95.5 Å². The molecule has 4 heterocycles. The zero-order valence-electron chi connectivity index (χ0n) is 9.61. The summed E-state index contributed by atoms with van der Waals surface area (Å²) in [6.07, 6.45) is 1.28. The second-order valence-corrected chi connectivity index (χ2v) is 5.27. The summed E-state index contributed by atoms with van der Waals surface area (Å²) in [5.41, 5.74) is 4.55. The number of para-hydroxylation sites is 1. The predicted octanol–water partition coefficient (Wildman–Crippen LogP) is 2.17. The third kappa shape index (κ3) is 1.00. The maximum Gasteiger partial charge on any atom is 0.0483 e. The van der Waals surface area contributed by atoms with E-state index in [1.165, 1.54) is 30.4 Å². The molecule has 2 nitrogen and oxygen atoms in total. The average Bonchev–Trinajstić information content (AvgIpc) is 2.48. The zero-order chi connectivity index (χ0) is 10.7. The lowest BCUT2D eigenvalue weighted by atomic mass is 9.94. The summed E-state index contributed by atoms with van der Waals surface area (Å²) in [5, 5.41) is 1.48. The zero-order valence-corrected chi connectivity index (χ0v) is 9.61. The first-order valence-corrected chi connectivity index (χ1v) is 6.10. The molecule has 2 aromatic rings. The number of fused-ring (bicyclic) bond motifs is 1. The van der Waals surface area contributed by atoms with Crippen LogP contribution in [0.25, 0.3) is 10.9 Å². The van der Waals surface area contributed by atoms with E-state index in [0.717, 1.165) is 12.5 Å². The molecule has 2 bridgehead atoms. The summed E-state index contributed by atoms with van der Waals surface area (Å²) in [4.78, 5) is 2.56. The molecule has 1 aromatic carbocycles. The maximum atomic E-state index is 2.56. The SMILES string of the molecule is Cn1c2c(c3ccccc31)CC1CN(C2)C1. The lowest BCUT2D eigenvalue weighted by Gasteiger charge is -2.36. The van der Waals surface area contributed by atoms with Gasteiger partial charge in [-0.15, -0.1) is 0 Å². The number of rotatable bonds is 0. The second-order valence-electron chi connectivity index (χ2n) is 5.27. The third-order valence-electron chi connectivity index (χ3n) is 4.24. The van der Waals surface area contributed by atoms with Crippen LogP contribution in [0.3, 0.4) is 0 Å². The van der Waals surface area contributed by atoms with Gasteiger partial charge in [-0.2, -0.15) is 0 Å². The molecule has 0 unspecified atom stereocenters. The van der Waals surface area contributed by atoms with Gasteiger partial charge in [0.25, 0.3) is 0 Å². The molecule has 0 spiro atoms. The molecule has 0 aliphatic carbocycles. The fourth-order valence-electron chi connectivity index (χ4n) is 3.39. The normalized spacial score (nSPS) is 27.3. The van der Waals surface area contributed by atoms with E-state index in [1.54, 1.807) is 11.3 Å². The summed E-state index contributed by atoms with van der Waals surface area (Å²) in [7, 11) is 2.21. The molecule has 3 aliphatic rings. The summed E-state index contributed by atoms with van der Waals surface area (Å²) >= 11 is 0. The van der Waals surface area contributed by atoms with Crippen molar-refractivity contribution in [1.29, 1.82) is 0 Å². The van der Waals surface area contributed by atoms with Gasteiger partial charge < -0.3 is 4.57 Å². The number of nitrogens with zero attached hydrogens (tertiary/aromatic N) is 2. The molecule has 0 saturated carbocycles. The van der Waals surface area contributed by atoms with Crippen LogP contribution in [0.1, 0.15) is 11.3 Å². The minimum absolute atomic E-state index is 0.909. The Morgan fingerprint density at radius 3 is 2.88 bits per heavy atom. The predicted molar refractivity (Wildman–Crippen MR) is 65.4 cm³/mol. The van der Waals surface area contributed by atoms with E-state index in [4.69, 9.17) is 0 Å². The molecular formula is C14H16N2. The maximum absolute atomic E-state index is 2.56. The van der Waals surface area contributed by atoms with Crippen molar-refractivity contribution in [2.45, 2.75) is 13.0 Å². The van der Waals surface area contributed by atoms with Gasteiger partial charge in [0.15, 0.2) is 0 Å². The smallest absolute Gasteiger partial charge is 0.0483 e. The molecule has 3 aliphatic heterocycles. The van der Waals surface area contributed by atoms with Gasteiger partial charge in [0.1, 0.15) is 0 Å². The van der Waals surface area contributed by atoms with Crippen LogP contribution in [0.4, 0.5) is 0 Å². The van der Waals surface area contributed by atoms with Crippen molar-refractivity contribution < 1.29 is 0 Å². The molecular weight excluding hydrogens is 196 g/mol. The molecule has 16 heavy (non-hydrogen) atoms. The second kappa shape index (κ2) is 2.89. The summed E-state index contributed by atoms with van der Waals surface area (Å²) in [6.45, 7) is 3.77. The number of aromatic nitrogens is 1. The van der Waals surface area contributed by atoms with Gasteiger partial charge in [-0.25, -0.2) is 0 Å². The lowest BCUT2D eigenvalue weighted by Crippen LogP contribution is -2.44. The molecule has 2 heteroatoms. The molecule has 0 N–H and O–H groups in total. The molecule has 0 atom stereocenters. The Balaban J connectivity index is 2.03. The van der Waals surface area contributed by atoms with Crippen LogP contribution >= 0.6 is 0 Å². The third-order valence-corrected chi connectivity index (χ3v) is 4.24. The largest absolute Gasteiger partial charge is 0.346 e. The van der Waals surface area contributed by atoms with Gasteiger partial charge in [0, 0.05) is 43.3 Å². The highest BCUT2D eigenvalue weighted by Gasteiger charge is 2.33. The Bertz CT molecular complexity index is 561. The van der Waals surface area contributed by atoms with Gasteiger partial charge >= 0.3 is 0 Å². The minimum Gasteiger partial charge on any atom is -0.346 e. The highest BCUT2D eigenvalue weighted by atomic mass is 15.2. The number of aryl methyl sites for hydroxylation is 1. The molecule has 82 valence electrons. The van der Waals surface area contributed by atoms with Gasteiger partial charge in [-0.1, -0.05) is 18.2 Å². The first-order chi connectivity index (χ1) is 7.83. The van der Waals surface area contributed by atoms with Crippen LogP contribution in [-0.4, -0.2) is 22.6 Å². The minimum atomic E-state index is 0.909. The van der Waals surface area contributed by atoms with Crippen LogP contribution in [-0.2, 0) is 20.0 Å². The summed E-state index contributed by atoms with van der Waals surface area (Å²) < 4.78 is 2.39. The molecule has 1 aromatic heterocycles. The molecule has 1 fully saturated rings. The highest BCUT2D eigenvalue weighted by Crippen LogP contribution is 2.35. The molecule has 0 radical (unpaired) electrons. The van der Waals surface area contributed by atoms with Crippen LogP contribution in [0.15, 0.2) is 24.3 Å².